The van der Waals surface area contributed by atoms with Crippen molar-refractivity contribution < 1.29 is 21.6 Å². The molecule has 0 radical (unpaired) electrons. The van der Waals surface area contributed by atoms with Crippen molar-refractivity contribution in [1.82, 2.24) is 9.97 Å². The van der Waals surface area contributed by atoms with Crippen LogP contribution in [-0.2, 0) is 10.0 Å². The minimum absolute atomic E-state index is 0.538. The number of hydrogen-bond donors (Lipinski definition) is 0. The van der Waals surface area contributed by atoms with Gasteiger partial charge in [0.05, 0.1) is 4.90 Å². The van der Waals surface area contributed by atoms with Gasteiger partial charge in [-0.05, 0) is 12.1 Å². The van der Waals surface area contributed by atoms with Crippen LogP contribution in [0.25, 0.3) is 0 Å². The summed E-state index contributed by atoms with van der Waals surface area (Å²) in [6.45, 7) is 0. The van der Waals surface area contributed by atoms with Gasteiger partial charge in [-0.1, -0.05) is 29.8 Å². The van der Waals surface area contributed by atoms with E-state index in [1.165, 1.54) is 18.2 Å². The van der Waals surface area contributed by atoms with E-state index in [9.17, 15) is 21.6 Å². The average Bonchev–Trinajstić information content (AvgIpc) is 2.40. The molecule has 10 heteroatoms. The highest BCUT2D eigenvalue weighted by atomic mass is 35.5. The molecular weight excluding hydrogens is 331 g/mol. The van der Waals surface area contributed by atoms with Crippen molar-refractivity contribution in [2.45, 2.75) is 11.2 Å². The maximum atomic E-state index is 13.2. The van der Waals surface area contributed by atoms with Crippen molar-refractivity contribution in [3.8, 4) is 0 Å². The SMILES string of the molecule is O=S(=O)(c1ccccc1)N(c1nccnc1Cl)C(F)(F)F. The van der Waals surface area contributed by atoms with Gasteiger partial charge in [0.25, 0.3) is 10.0 Å². The van der Waals surface area contributed by atoms with Crippen LogP contribution < -0.4 is 4.31 Å². The van der Waals surface area contributed by atoms with E-state index in [0.717, 1.165) is 24.5 Å². The molecule has 1 aromatic heterocycles. The summed E-state index contributed by atoms with van der Waals surface area (Å²) < 4.78 is 63.2. The molecule has 1 aromatic carbocycles. The van der Waals surface area contributed by atoms with Crippen LogP contribution in [0.1, 0.15) is 0 Å². The molecule has 0 atom stereocenters. The Balaban J connectivity index is 2.66. The second kappa shape index (κ2) is 5.49. The predicted octanol–water partition coefficient (Wildman–Crippen LogP) is 2.85. The van der Waals surface area contributed by atoms with Crippen LogP contribution in [0.4, 0.5) is 19.0 Å². The Morgan fingerprint density at radius 1 is 1.05 bits per heavy atom. The summed E-state index contributed by atoms with van der Waals surface area (Å²) in [6, 6.07) is 6.17. The third kappa shape index (κ3) is 3.08. The number of sulfonamides is 1. The first kappa shape index (κ1) is 15.5. The molecule has 0 aliphatic heterocycles. The minimum atomic E-state index is -5.24. The van der Waals surface area contributed by atoms with E-state index in [1.807, 2.05) is 0 Å². The summed E-state index contributed by atoms with van der Waals surface area (Å²) in [5.74, 6) is -1.00. The standard InChI is InChI=1S/C11H7ClF3N3O2S/c12-9-10(17-7-6-16-9)18(11(13,14)15)21(19,20)8-4-2-1-3-5-8/h1-7H. The molecule has 2 rings (SSSR count). The second-order valence-corrected chi connectivity index (χ2v) is 5.87. The van der Waals surface area contributed by atoms with E-state index in [0.29, 0.717) is 0 Å². The van der Waals surface area contributed by atoms with Gasteiger partial charge in [-0.25, -0.2) is 18.4 Å². The van der Waals surface area contributed by atoms with Gasteiger partial charge in [0.2, 0.25) is 0 Å². The van der Waals surface area contributed by atoms with Crippen LogP contribution in [0.15, 0.2) is 47.6 Å². The van der Waals surface area contributed by atoms with Gasteiger partial charge < -0.3 is 0 Å². The van der Waals surface area contributed by atoms with Crippen LogP contribution >= 0.6 is 11.6 Å². The number of aromatic nitrogens is 2. The molecule has 2 aromatic rings. The molecule has 21 heavy (non-hydrogen) atoms. The minimum Gasteiger partial charge on any atom is -0.239 e. The molecule has 0 bridgehead atoms. The fraction of sp³-hybridized carbons (Fsp3) is 0.0909. The monoisotopic (exact) mass is 337 g/mol. The molecule has 0 aliphatic rings. The highest BCUT2D eigenvalue weighted by molar-refractivity contribution is 7.92. The lowest BCUT2D eigenvalue weighted by atomic mass is 10.4. The number of hydrogen-bond acceptors (Lipinski definition) is 4. The fourth-order valence-corrected chi connectivity index (χ4v) is 3.10. The Labute approximate surface area is 123 Å². The Morgan fingerprint density at radius 3 is 2.14 bits per heavy atom. The normalized spacial score (nSPS) is 12.2. The highest BCUT2D eigenvalue weighted by Gasteiger charge is 2.48. The Bertz CT molecular complexity index is 738. The zero-order valence-corrected chi connectivity index (χ0v) is 11.7. The van der Waals surface area contributed by atoms with Crippen LogP contribution in [0.2, 0.25) is 5.15 Å². The van der Waals surface area contributed by atoms with E-state index >= 15 is 0 Å². The Morgan fingerprint density at radius 2 is 1.62 bits per heavy atom. The molecule has 0 unspecified atom stereocenters. The van der Waals surface area contributed by atoms with Gasteiger partial charge in [-0.3, -0.25) is 0 Å². The van der Waals surface area contributed by atoms with Crippen LogP contribution in [0.3, 0.4) is 0 Å². The zero-order valence-electron chi connectivity index (χ0n) is 10.1. The Kier molecular flexibility index (Phi) is 4.06. The lowest BCUT2D eigenvalue weighted by Gasteiger charge is -2.25. The third-order valence-corrected chi connectivity index (χ3v) is 4.34. The number of nitrogens with zero attached hydrogens (tertiary/aromatic N) is 3. The van der Waals surface area contributed by atoms with Crippen LogP contribution in [0.5, 0.6) is 0 Å². The molecule has 0 saturated heterocycles. The fourth-order valence-electron chi connectivity index (χ4n) is 1.52. The molecule has 0 aliphatic carbocycles. The number of halogens is 4. The summed E-state index contributed by atoms with van der Waals surface area (Å²) in [7, 11) is -4.91. The van der Waals surface area contributed by atoms with Crippen LogP contribution in [0, 0.1) is 0 Å². The summed E-state index contributed by atoms with van der Waals surface area (Å²) >= 11 is 5.54. The number of rotatable bonds is 3. The van der Waals surface area contributed by atoms with Gasteiger partial charge >= 0.3 is 6.30 Å². The van der Waals surface area contributed by atoms with Crippen molar-refractivity contribution in [2.75, 3.05) is 4.31 Å². The van der Waals surface area contributed by atoms with E-state index in [2.05, 4.69) is 9.97 Å². The molecule has 1 heterocycles. The Hall–Kier alpha value is -1.87. The first-order chi connectivity index (χ1) is 9.74. The van der Waals surface area contributed by atoms with Crippen molar-refractivity contribution >= 4 is 27.4 Å². The van der Waals surface area contributed by atoms with Crippen molar-refractivity contribution in [2.24, 2.45) is 0 Å². The molecule has 5 nitrogen and oxygen atoms in total. The van der Waals surface area contributed by atoms with Crippen molar-refractivity contribution in [3.05, 3.63) is 47.9 Å². The van der Waals surface area contributed by atoms with Crippen LogP contribution in [-0.4, -0.2) is 24.7 Å². The zero-order chi connectivity index (χ0) is 15.7. The predicted molar refractivity (Wildman–Crippen MR) is 69.2 cm³/mol. The van der Waals surface area contributed by atoms with Crippen molar-refractivity contribution in [1.29, 1.82) is 0 Å². The lowest BCUT2D eigenvalue weighted by Crippen LogP contribution is -2.43. The summed E-state index contributed by atoms with van der Waals surface area (Å²) in [6.07, 6.45) is -3.27. The highest BCUT2D eigenvalue weighted by Crippen LogP contribution is 2.36. The van der Waals surface area contributed by atoms with Gasteiger partial charge in [-0.2, -0.15) is 4.31 Å². The molecule has 112 valence electrons. The summed E-state index contributed by atoms with van der Waals surface area (Å²) in [5.41, 5.74) is 0. The summed E-state index contributed by atoms with van der Waals surface area (Å²) in [4.78, 5) is 6.25. The van der Waals surface area contributed by atoms with E-state index in [-0.39, 0.29) is 0 Å². The number of anilines is 1. The largest absolute Gasteiger partial charge is 0.500 e. The molecular formula is C11H7ClF3N3O2S. The number of alkyl halides is 3. The van der Waals surface area contributed by atoms with E-state index < -0.39 is 36.5 Å². The smallest absolute Gasteiger partial charge is 0.239 e. The van der Waals surface area contributed by atoms with E-state index in [1.54, 1.807) is 0 Å². The molecule has 0 spiro atoms. The molecule has 0 N–H and O–H groups in total. The number of benzene rings is 1. The van der Waals surface area contributed by atoms with Gasteiger partial charge in [0.1, 0.15) is 0 Å². The van der Waals surface area contributed by atoms with Gasteiger partial charge in [-0.15, -0.1) is 13.2 Å². The third-order valence-electron chi connectivity index (χ3n) is 2.34. The topological polar surface area (TPSA) is 63.2 Å². The first-order valence-corrected chi connectivity index (χ1v) is 7.20. The average molecular weight is 338 g/mol. The van der Waals surface area contributed by atoms with E-state index in [4.69, 9.17) is 11.6 Å². The second-order valence-electron chi connectivity index (χ2n) is 3.72. The quantitative estimate of drug-likeness (QED) is 0.808. The lowest BCUT2D eigenvalue weighted by molar-refractivity contribution is -0.116. The van der Waals surface area contributed by atoms with Gasteiger partial charge in [0.15, 0.2) is 11.0 Å². The van der Waals surface area contributed by atoms with Gasteiger partial charge in [0, 0.05) is 12.4 Å². The molecule has 0 saturated carbocycles. The molecule has 0 amide bonds. The maximum absolute atomic E-state index is 13.2. The summed E-state index contributed by atoms with van der Waals surface area (Å²) in [5, 5.41) is -0.672. The first-order valence-electron chi connectivity index (χ1n) is 5.38. The molecule has 0 fully saturated rings. The maximum Gasteiger partial charge on any atom is 0.500 e. The van der Waals surface area contributed by atoms with Crippen molar-refractivity contribution in [3.63, 3.8) is 0 Å².